The van der Waals surface area contributed by atoms with Gasteiger partial charge in [-0.15, -0.1) is 0 Å². The summed E-state index contributed by atoms with van der Waals surface area (Å²) in [6.45, 7) is 0. The molecule has 1 atom stereocenters. The van der Waals surface area contributed by atoms with Gasteiger partial charge in [-0.05, 0) is 50.2 Å². The van der Waals surface area contributed by atoms with Crippen LogP contribution in [0.3, 0.4) is 0 Å². The molecule has 0 radical (unpaired) electrons. The maximum atomic E-state index is 12.4. The molecular formula is C24H35N5O3S. The predicted octanol–water partition coefficient (Wildman–Crippen LogP) is 3.62. The van der Waals surface area contributed by atoms with Crippen molar-refractivity contribution >= 4 is 46.2 Å². The van der Waals surface area contributed by atoms with Crippen molar-refractivity contribution in [1.29, 1.82) is 0 Å². The van der Waals surface area contributed by atoms with Gasteiger partial charge in [-0.25, -0.2) is 14.6 Å². The first-order valence-corrected chi connectivity index (χ1v) is 12.8. The average Bonchev–Trinajstić information content (AvgIpc) is 2.81. The molecule has 180 valence electrons. The van der Waals surface area contributed by atoms with E-state index in [1.807, 2.05) is 38.6 Å². The molecule has 0 saturated heterocycles. The number of esters is 1. The van der Waals surface area contributed by atoms with Crippen LogP contribution in [0.15, 0.2) is 30.3 Å². The molecule has 0 bridgehead atoms. The van der Waals surface area contributed by atoms with E-state index in [9.17, 15) is 9.59 Å². The van der Waals surface area contributed by atoms with Crippen LogP contribution in [0.2, 0.25) is 0 Å². The molecule has 33 heavy (non-hydrogen) atoms. The molecule has 1 fully saturated rings. The van der Waals surface area contributed by atoms with Crippen LogP contribution in [0.5, 0.6) is 0 Å². The van der Waals surface area contributed by atoms with E-state index in [4.69, 9.17) is 9.72 Å². The van der Waals surface area contributed by atoms with Crippen molar-refractivity contribution in [2.75, 3.05) is 43.4 Å². The number of carbonyl (C=O) groups excluding carboxylic acids is 2. The fourth-order valence-electron chi connectivity index (χ4n) is 4.20. The predicted molar refractivity (Wildman–Crippen MR) is 136 cm³/mol. The van der Waals surface area contributed by atoms with E-state index in [2.05, 4.69) is 33.0 Å². The fourth-order valence-corrected chi connectivity index (χ4v) is 4.68. The smallest absolute Gasteiger partial charge is 0.328 e. The quantitative estimate of drug-likeness (QED) is 0.479. The first-order valence-electron chi connectivity index (χ1n) is 11.4. The summed E-state index contributed by atoms with van der Waals surface area (Å²) in [5, 5.41) is 10.5. The van der Waals surface area contributed by atoms with Gasteiger partial charge in [-0.1, -0.05) is 18.2 Å². The normalized spacial score (nSPS) is 18.9. The Bertz CT molecular complexity index is 947. The monoisotopic (exact) mass is 473 g/mol. The van der Waals surface area contributed by atoms with Crippen molar-refractivity contribution in [1.82, 2.24) is 15.6 Å². The van der Waals surface area contributed by atoms with Crippen LogP contribution >= 0.6 is 11.8 Å². The van der Waals surface area contributed by atoms with Gasteiger partial charge >= 0.3 is 12.0 Å². The summed E-state index contributed by atoms with van der Waals surface area (Å²) in [6, 6.07) is 9.73. The molecule has 9 heteroatoms. The van der Waals surface area contributed by atoms with Crippen molar-refractivity contribution in [3.05, 3.63) is 30.3 Å². The lowest BCUT2D eigenvalue weighted by molar-refractivity contribution is -0.142. The van der Waals surface area contributed by atoms with E-state index in [0.29, 0.717) is 12.5 Å². The number of nitrogens with one attached hydrogen (secondary N) is 3. The summed E-state index contributed by atoms with van der Waals surface area (Å²) < 4.78 is 4.81. The topological polar surface area (TPSA) is 95.6 Å². The Morgan fingerprint density at radius 2 is 1.88 bits per heavy atom. The number of rotatable bonds is 9. The summed E-state index contributed by atoms with van der Waals surface area (Å²) in [5.41, 5.74) is 2.11. The number of thioether (sulfide) groups is 1. The largest absolute Gasteiger partial charge is 0.467 e. The molecule has 1 aromatic carbocycles. The number of benzene rings is 1. The van der Waals surface area contributed by atoms with E-state index in [1.165, 1.54) is 7.11 Å². The molecule has 1 heterocycles. The molecule has 1 aliphatic carbocycles. The highest BCUT2D eigenvalue weighted by atomic mass is 32.2. The number of methoxy groups -OCH3 is 1. The first kappa shape index (κ1) is 25.0. The highest BCUT2D eigenvalue weighted by molar-refractivity contribution is 7.98. The Morgan fingerprint density at radius 3 is 2.55 bits per heavy atom. The van der Waals surface area contributed by atoms with E-state index >= 15 is 0 Å². The lowest BCUT2D eigenvalue weighted by Crippen LogP contribution is -2.50. The second-order valence-corrected chi connectivity index (χ2v) is 9.59. The SMILES string of the molecule is COC(=O)[C@H](CCSC)NC(=O)N[C@H]1CC[C@@H](Nc2cc(N(C)C)c3ccccc3n2)CC1. The number of anilines is 2. The van der Waals surface area contributed by atoms with E-state index in [0.717, 1.165) is 53.8 Å². The van der Waals surface area contributed by atoms with Crippen LogP contribution in [0.4, 0.5) is 16.3 Å². The van der Waals surface area contributed by atoms with Crippen LogP contribution in [0.1, 0.15) is 32.1 Å². The van der Waals surface area contributed by atoms with Gasteiger partial charge in [-0.3, -0.25) is 0 Å². The van der Waals surface area contributed by atoms with Gasteiger partial charge in [0.2, 0.25) is 0 Å². The summed E-state index contributed by atoms with van der Waals surface area (Å²) in [4.78, 5) is 31.3. The number of aromatic nitrogens is 1. The number of hydrogen-bond acceptors (Lipinski definition) is 7. The van der Waals surface area contributed by atoms with Gasteiger partial charge < -0.3 is 25.6 Å². The number of ether oxygens (including phenoxy) is 1. The maximum Gasteiger partial charge on any atom is 0.328 e. The van der Waals surface area contributed by atoms with Gasteiger partial charge in [0.1, 0.15) is 11.9 Å². The third kappa shape index (κ3) is 6.90. The lowest BCUT2D eigenvalue weighted by Gasteiger charge is -2.30. The van der Waals surface area contributed by atoms with Gasteiger partial charge in [-0.2, -0.15) is 11.8 Å². The van der Waals surface area contributed by atoms with Gasteiger partial charge in [0.25, 0.3) is 0 Å². The Balaban J connectivity index is 1.53. The minimum atomic E-state index is -0.620. The molecule has 8 nitrogen and oxygen atoms in total. The Hall–Kier alpha value is -2.68. The standard InChI is InChI=1S/C24H35N5O3S/c1-29(2)21-15-22(27-19-8-6-5-7-18(19)21)25-16-9-11-17(12-10-16)26-24(31)28-20(13-14-33-4)23(30)32-3/h5-8,15-17,20H,9-14H2,1-4H3,(H,25,27)(H2,26,28,31)/t16-,17+,20-/m0/s1. The van der Waals surface area contributed by atoms with Crippen LogP contribution in [-0.4, -0.2) is 68.3 Å². The zero-order valence-electron chi connectivity index (χ0n) is 19.9. The molecule has 0 unspecified atom stereocenters. The van der Waals surface area contributed by atoms with Crippen molar-refractivity contribution in [2.45, 2.75) is 50.2 Å². The molecule has 3 N–H and O–H groups in total. The first-order chi connectivity index (χ1) is 15.9. The van der Waals surface area contributed by atoms with Crippen LogP contribution in [0.25, 0.3) is 10.9 Å². The van der Waals surface area contributed by atoms with Crippen LogP contribution in [-0.2, 0) is 9.53 Å². The van der Waals surface area contributed by atoms with E-state index in [-0.39, 0.29) is 12.1 Å². The van der Waals surface area contributed by atoms with Crippen LogP contribution < -0.4 is 20.9 Å². The van der Waals surface area contributed by atoms with Crippen LogP contribution in [0, 0.1) is 0 Å². The molecule has 2 amide bonds. The number of nitrogens with zero attached hydrogens (tertiary/aromatic N) is 2. The maximum absolute atomic E-state index is 12.4. The van der Waals surface area contributed by atoms with E-state index in [1.54, 1.807) is 11.8 Å². The number of amides is 2. The van der Waals surface area contributed by atoms with Crippen molar-refractivity contribution in [3.8, 4) is 0 Å². The second kappa shape index (κ2) is 12.0. The Morgan fingerprint density at radius 1 is 1.18 bits per heavy atom. The fraction of sp³-hybridized carbons (Fsp3) is 0.542. The molecule has 1 aliphatic rings. The number of carbonyl (C=O) groups is 2. The minimum absolute atomic E-state index is 0.0868. The molecule has 1 saturated carbocycles. The third-order valence-electron chi connectivity index (χ3n) is 5.99. The Kier molecular flexibility index (Phi) is 9.05. The number of hydrogen-bond donors (Lipinski definition) is 3. The molecule has 0 spiro atoms. The van der Waals surface area contributed by atoms with E-state index < -0.39 is 12.0 Å². The highest BCUT2D eigenvalue weighted by Crippen LogP contribution is 2.29. The number of para-hydroxylation sites is 1. The molecule has 2 aromatic rings. The van der Waals surface area contributed by atoms with Gasteiger partial charge in [0.05, 0.1) is 12.6 Å². The van der Waals surface area contributed by atoms with Crippen molar-refractivity contribution in [2.24, 2.45) is 0 Å². The molecule has 0 aliphatic heterocycles. The lowest BCUT2D eigenvalue weighted by atomic mass is 9.91. The second-order valence-electron chi connectivity index (χ2n) is 8.61. The zero-order valence-corrected chi connectivity index (χ0v) is 20.7. The zero-order chi connectivity index (χ0) is 23.8. The Labute approximate surface area is 200 Å². The molecule has 1 aromatic heterocycles. The third-order valence-corrected chi connectivity index (χ3v) is 6.64. The summed E-state index contributed by atoms with van der Waals surface area (Å²) in [6.07, 6.45) is 6.12. The number of urea groups is 1. The number of pyridine rings is 1. The van der Waals surface area contributed by atoms with Crippen molar-refractivity contribution < 1.29 is 14.3 Å². The van der Waals surface area contributed by atoms with Gasteiger partial charge in [0.15, 0.2) is 0 Å². The minimum Gasteiger partial charge on any atom is -0.467 e. The summed E-state index contributed by atoms with van der Waals surface area (Å²) >= 11 is 1.63. The summed E-state index contributed by atoms with van der Waals surface area (Å²) in [5.74, 6) is 1.24. The van der Waals surface area contributed by atoms with Crippen molar-refractivity contribution in [3.63, 3.8) is 0 Å². The molecule has 3 rings (SSSR count). The highest BCUT2D eigenvalue weighted by Gasteiger charge is 2.25. The average molecular weight is 474 g/mol. The van der Waals surface area contributed by atoms with Gasteiger partial charge in [0, 0.05) is 43.3 Å². The number of fused-ring (bicyclic) bond motifs is 1. The molecular weight excluding hydrogens is 438 g/mol. The summed E-state index contributed by atoms with van der Waals surface area (Å²) in [7, 11) is 5.42.